The van der Waals surface area contributed by atoms with Gasteiger partial charge in [-0.3, -0.25) is 4.79 Å². The van der Waals surface area contributed by atoms with Crippen molar-refractivity contribution in [2.45, 2.75) is 38.2 Å². The molecule has 1 aliphatic carbocycles. The number of methoxy groups -OCH3 is 1. The third-order valence-corrected chi connectivity index (χ3v) is 5.08. The first-order valence-electron chi connectivity index (χ1n) is 8.96. The van der Waals surface area contributed by atoms with E-state index >= 15 is 0 Å². The van der Waals surface area contributed by atoms with Crippen molar-refractivity contribution in [1.82, 2.24) is 14.9 Å². The zero-order valence-electron chi connectivity index (χ0n) is 14.6. The second kappa shape index (κ2) is 6.92. The Kier molecular flexibility index (Phi) is 4.49. The average molecular weight is 337 g/mol. The summed E-state index contributed by atoms with van der Waals surface area (Å²) in [5, 5.41) is 0. The van der Waals surface area contributed by atoms with Crippen molar-refractivity contribution in [1.29, 1.82) is 0 Å². The van der Waals surface area contributed by atoms with Gasteiger partial charge in [0.1, 0.15) is 6.33 Å². The van der Waals surface area contributed by atoms with Crippen LogP contribution in [0.5, 0.6) is 0 Å². The Morgan fingerprint density at radius 1 is 1.16 bits per heavy atom. The van der Waals surface area contributed by atoms with Crippen molar-refractivity contribution in [3.8, 4) is 0 Å². The maximum absolute atomic E-state index is 12.9. The molecule has 5 heteroatoms. The second-order valence-electron chi connectivity index (χ2n) is 6.88. The van der Waals surface area contributed by atoms with E-state index in [0.29, 0.717) is 19.1 Å². The van der Waals surface area contributed by atoms with Gasteiger partial charge in [0.15, 0.2) is 0 Å². The maximum atomic E-state index is 12.9. The number of carbonyl (C=O) groups excluding carboxylic acids is 1. The van der Waals surface area contributed by atoms with Crippen LogP contribution in [-0.4, -0.2) is 41.0 Å². The number of nitrogens with zero attached hydrogens (tertiary/aromatic N) is 3. The first-order valence-corrected chi connectivity index (χ1v) is 8.96. The van der Waals surface area contributed by atoms with Crippen LogP contribution in [0.15, 0.2) is 30.6 Å². The van der Waals surface area contributed by atoms with Gasteiger partial charge in [0.05, 0.1) is 12.3 Å². The highest BCUT2D eigenvalue weighted by Crippen LogP contribution is 2.41. The van der Waals surface area contributed by atoms with Gasteiger partial charge in [0.2, 0.25) is 0 Å². The van der Waals surface area contributed by atoms with Gasteiger partial charge in [-0.15, -0.1) is 0 Å². The molecule has 0 radical (unpaired) electrons. The molecule has 0 spiro atoms. The molecule has 0 saturated heterocycles. The molecule has 2 heterocycles. The van der Waals surface area contributed by atoms with E-state index in [0.717, 1.165) is 36.2 Å². The number of amides is 1. The summed E-state index contributed by atoms with van der Waals surface area (Å²) in [5.74, 6) is 0.713. The molecular formula is C20H23N3O2. The third kappa shape index (κ3) is 3.42. The van der Waals surface area contributed by atoms with Gasteiger partial charge < -0.3 is 9.64 Å². The molecule has 0 unspecified atom stereocenters. The largest absolute Gasteiger partial charge is 0.380 e. The fraction of sp³-hybridized carbons (Fsp3) is 0.450. The summed E-state index contributed by atoms with van der Waals surface area (Å²) in [7, 11) is 1.67. The van der Waals surface area contributed by atoms with E-state index in [-0.39, 0.29) is 5.91 Å². The number of hydrogen-bond acceptors (Lipinski definition) is 4. The molecule has 130 valence electrons. The van der Waals surface area contributed by atoms with Gasteiger partial charge in [-0.1, -0.05) is 12.1 Å². The highest BCUT2D eigenvalue weighted by molar-refractivity contribution is 5.94. The second-order valence-corrected chi connectivity index (χ2v) is 6.88. The summed E-state index contributed by atoms with van der Waals surface area (Å²) < 4.78 is 5.12. The van der Waals surface area contributed by atoms with Gasteiger partial charge in [0, 0.05) is 43.8 Å². The molecule has 4 rings (SSSR count). The molecule has 5 nitrogen and oxygen atoms in total. The summed E-state index contributed by atoms with van der Waals surface area (Å²) in [6, 6.07) is 7.70. The molecule has 1 aromatic carbocycles. The zero-order chi connectivity index (χ0) is 17.2. The number of aromatic nitrogens is 2. The van der Waals surface area contributed by atoms with Crippen LogP contribution in [0.1, 0.15) is 51.6 Å². The van der Waals surface area contributed by atoms with Crippen LogP contribution in [0.3, 0.4) is 0 Å². The molecule has 0 N–H and O–H groups in total. The zero-order valence-corrected chi connectivity index (χ0v) is 14.6. The van der Waals surface area contributed by atoms with Crippen molar-refractivity contribution in [3.05, 3.63) is 58.7 Å². The van der Waals surface area contributed by atoms with E-state index in [9.17, 15) is 4.79 Å². The van der Waals surface area contributed by atoms with Gasteiger partial charge in [-0.2, -0.15) is 0 Å². The van der Waals surface area contributed by atoms with Crippen LogP contribution >= 0.6 is 0 Å². The van der Waals surface area contributed by atoms with E-state index in [4.69, 9.17) is 4.74 Å². The minimum Gasteiger partial charge on any atom is -0.380 e. The predicted molar refractivity (Wildman–Crippen MR) is 94.5 cm³/mol. The predicted octanol–water partition coefficient (Wildman–Crippen LogP) is 2.74. The molecule has 1 aromatic heterocycles. The number of hydrogen-bond donors (Lipinski definition) is 0. The van der Waals surface area contributed by atoms with Gasteiger partial charge >= 0.3 is 0 Å². The maximum Gasteiger partial charge on any atom is 0.253 e. The van der Waals surface area contributed by atoms with Crippen molar-refractivity contribution in [2.75, 3.05) is 20.2 Å². The van der Waals surface area contributed by atoms with E-state index in [1.165, 1.54) is 24.1 Å². The molecule has 1 saturated carbocycles. The van der Waals surface area contributed by atoms with Crippen LogP contribution < -0.4 is 0 Å². The Labute approximate surface area is 148 Å². The van der Waals surface area contributed by atoms with Gasteiger partial charge in [0.25, 0.3) is 5.91 Å². The highest BCUT2D eigenvalue weighted by atomic mass is 16.5. The monoisotopic (exact) mass is 337 g/mol. The minimum atomic E-state index is 0.0951. The average Bonchev–Trinajstić information content (AvgIpc) is 3.48. The summed E-state index contributed by atoms with van der Waals surface area (Å²) >= 11 is 0. The van der Waals surface area contributed by atoms with Crippen molar-refractivity contribution in [2.24, 2.45) is 0 Å². The third-order valence-electron chi connectivity index (χ3n) is 5.08. The quantitative estimate of drug-likeness (QED) is 0.861. The first-order chi connectivity index (χ1) is 12.3. The fourth-order valence-corrected chi connectivity index (χ4v) is 3.56. The Morgan fingerprint density at radius 3 is 2.64 bits per heavy atom. The van der Waals surface area contributed by atoms with Crippen molar-refractivity contribution in [3.63, 3.8) is 0 Å². The molecule has 0 bridgehead atoms. The van der Waals surface area contributed by atoms with Gasteiger partial charge in [-0.05, 0) is 42.5 Å². The molecule has 0 atom stereocenters. The van der Waals surface area contributed by atoms with E-state index < -0.39 is 0 Å². The normalized spacial score (nSPS) is 17.1. The van der Waals surface area contributed by atoms with E-state index in [1.54, 1.807) is 13.4 Å². The Balaban J connectivity index is 1.49. The van der Waals surface area contributed by atoms with Crippen LogP contribution in [0.25, 0.3) is 0 Å². The summed E-state index contributed by atoms with van der Waals surface area (Å²) in [5.41, 5.74) is 5.45. The number of benzene rings is 1. The number of carbonyl (C=O) groups is 1. The number of rotatable bonds is 4. The lowest BCUT2D eigenvalue weighted by Gasteiger charge is -2.20. The highest BCUT2D eigenvalue weighted by Gasteiger charge is 2.30. The van der Waals surface area contributed by atoms with Crippen molar-refractivity contribution < 1.29 is 9.53 Å². The minimum absolute atomic E-state index is 0.0951. The lowest BCUT2D eigenvalue weighted by atomic mass is 10.0. The summed E-state index contributed by atoms with van der Waals surface area (Å²) in [6.45, 7) is 2.02. The standard InChI is InChI=1S/C20H23N3O2/c1-25-12-14-2-4-16(5-3-14)20(24)23-10-8-17-18(9-11-23)21-13-22-19(17)15-6-7-15/h2-5,13,15H,6-12H2,1H3. The van der Waals surface area contributed by atoms with Gasteiger partial charge in [-0.25, -0.2) is 9.97 Å². The number of ether oxygens (including phenoxy) is 1. The number of fused-ring (bicyclic) bond motifs is 1. The lowest BCUT2D eigenvalue weighted by Crippen LogP contribution is -2.33. The van der Waals surface area contributed by atoms with Crippen molar-refractivity contribution >= 4 is 5.91 Å². The van der Waals surface area contributed by atoms with E-state index in [2.05, 4.69) is 9.97 Å². The summed E-state index contributed by atoms with van der Waals surface area (Å²) in [4.78, 5) is 23.8. The van der Waals surface area contributed by atoms with Crippen LogP contribution in [0.2, 0.25) is 0 Å². The smallest absolute Gasteiger partial charge is 0.253 e. The Bertz CT molecular complexity index is 769. The lowest BCUT2D eigenvalue weighted by molar-refractivity contribution is 0.0763. The Hall–Kier alpha value is -2.27. The molecule has 1 fully saturated rings. The van der Waals surface area contributed by atoms with Crippen LogP contribution in [0, 0.1) is 0 Å². The topological polar surface area (TPSA) is 55.3 Å². The molecule has 1 amide bonds. The first kappa shape index (κ1) is 16.2. The molecule has 1 aliphatic heterocycles. The van der Waals surface area contributed by atoms with E-state index in [1.807, 2.05) is 29.2 Å². The summed E-state index contributed by atoms with van der Waals surface area (Å²) in [6.07, 6.45) is 5.83. The molecular weight excluding hydrogens is 314 g/mol. The Morgan fingerprint density at radius 2 is 1.92 bits per heavy atom. The fourth-order valence-electron chi connectivity index (χ4n) is 3.56. The van der Waals surface area contributed by atoms with Crippen LogP contribution in [-0.2, 0) is 24.2 Å². The van der Waals surface area contributed by atoms with Crippen LogP contribution in [0.4, 0.5) is 0 Å². The molecule has 2 aromatic rings. The molecule has 25 heavy (non-hydrogen) atoms. The SMILES string of the molecule is COCc1ccc(C(=O)N2CCc3ncnc(C4CC4)c3CC2)cc1. The molecule has 2 aliphatic rings.